The van der Waals surface area contributed by atoms with Gasteiger partial charge in [0.1, 0.15) is 23.0 Å². The summed E-state index contributed by atoms with van der Waals surface area (Å²) < 4.78 is 22.4. The highest BCUT2D eigenvalue weighted by Gasteiger charge is 2.09. The molecule has 31 heavy (non-hydrogen) atoms. The van der Waals surface area contributed by atoms with Gasteiger partial charge in [0, 0.05) is 10.8 Å². The number of benzene rings is 4. The van der Waals surface area contributed by atoms with E-state index in [2.05, 4.69) is 59.8 Å². The van der Waals surface area contributed by atoms with E-state index in [1.165, 1.54) is 0 Å². The second kappa shape index (κ2) is 10.1. The number of hydrogen-bond donors (Lipinski definition) is 0. The Morgan fingerprint density at radius 2 is 1.16 bits per heavy atom. The van der Waals surface area contributed by atoms with Gasteiger partial charge in [0.25, 0.3) is 0 Å². The van der Waals surface area contributed by atoms with Crippen LogP contribution < -0.4 is 18.9 Å². The van der Waals surface area contributed by atoms with E-state index in [1.54, 1.807) is 28.4 Å². The maximum absolute atomic E-state index is 5.44. The van der Waals surface area contributed by atoms with E-state index in [0.29, 0.717) is 0 Å². The van der Waals surface area contributed by atoms with E-state index in [4.69, 9.17) is 18.9 Å². The van der Waals surface area contributed by atoms with Crippen LogP contribution >= 0.6 is 22.6 Å². The van der Waals surface area contributed by atoms with Gasteiger partial charge in [-0.15, -0.1) is 0 Å². The van der Waals surface area contributed by atoms with Crippen molar-refractivity contribution < 1.29 is 18.9 Å². The topological polar surface area (TPSA) is 36.9 Å². The molecule has 4 aromatic rings. The molecule has 0 fully saturated rings. The predicted molar refractivity (Wildman–Crippen MR) is 136 cm³/mol. The first-order valence-corrected chi connectivity index (χ1v) is 10.9. The van der Waals surface area contributed by atoms with Crippen LogP contribution in [0, 0.1) is 17.4 Å². The molecule has 0 unspecified atom stereocenters. The molecular weight excluding hydrogens is 503 g/mol. The maximum atomic E-state index is 5.44. The van der Waals surface area contributed by atoms with Crippen LogP contribution in [0.3, 0.4) is 0 Å². The lowest BCUT2D eigenvalue weighted by Crippen LogP contribution is -1.92. The van der Waals surface area contributed by atoms with Crippen molar-refractivity contribution >= 4 is 44.1 Å². The number of methoxy groups -OCH3 is 4. The molecule has 0 N–H and O–H groups in total. The fraction of sp³-hybridized carbons (Fsp3) is 0.231. The smallest absolute Gasteiger partial charge is 0.132 e. The Kier molecular flexibility index (Phi) is 7.49. The second-order valence-corrected chi connectivity index (χ2v) is 8.29. The summed E-state index contributed by atoms with van der Waals surface area (Å²) >= 11 is 2.27. The third kappa shape index (κ3) is 4.82. The highest BCUT2D eigenvalue weighted by molar-refractivity contribution is 14.1. The highest BCUT2D eigenvalue weighted by Crippen LogP contribution is 2.34. The van der Waals surface area contributed by atoms with Crippen LogP contribution in [0.25, 0.3) is 21.5 Å². The van der Waals surface area contributed by atoms with Gasteiger partial charge in [-0.2, -0.15) is 0 Å². The Labute approximate surface area is 197 Å². The first-order chi connectivity index (χ1) is 14.9. The number of aryl methyl sites for hydroxylation is 2. The summed E-state index contributed by atoms with van der Waals surface area (Å²) in [5.41, 5.74) is 2.30. The van der Waals surface area contributed by atoms with Crippen LogP contribution in [0.1, 0.15) is 11.1 Å². The Morgan fingerprint density at radius 1 is 0.581 bits per heavy atom. The van der Waals surface area contributed by atoms with Crippen molar-refractivity contribution in [1.82, 2.24) is 0 Å². The summed E-state index contributed by atoms with van der Waals surface area (Å²) in [5.74, 6) is 3.65. The molecule has 5 heteroatoms. The van der Waals surface area contributed by atoms with Gasteiger partial charge in [-0.1, -0.05) is 24.3 Å². The molecular formula is C26H27IO4. The SMILES string of the molecule is COc1cc2ccc(C)c(OC)c2cc1I.COc1ccc2c(OC)c(C)ccc2c1. The van der Waals surface area contributed by atoms with Crippen LogP contribution in [0.15, 0.2) is 54.6 Å². The molecule has 0 aliphatic rings. The molecule has 4 rings (SSSR count). The van der Waals surface area contributed by atoms with Crippen molar-refractivity contribution in [2.24, 2.45) is 0 Å². The molecule has 0 heterocycles. The van der Waals surface area contributed by atoms with E-state index < -0.39 is 0 Å². The van der Waals surface area contributed by atoms with E-state index in [0.717, 1.165) is 59.2 Å². The third-order valence-corrected chi connectivity index (χ3v) is 6.07. The minimum absolute atomic E-state index is 0.869. The zero-order chi connectivity index (χ0) is 22.5. The fourth-order valence-corrected chi connectivity index (χ4v) is 4.31. The minimum Gasteiger partial charge on any atom is -0.497 e. The van der Waals surface area contributed by atoms with Gasteiger partial charge in [0.2, 0.25) is 0 Å². The number of rotatable bonds is 4. The number of halogens is 1. The Balaban J connectivity index is 0.000000176. The lowest BCUT2D eigenvalue weighted by Gasteiger charge is -2.11. The van der Waals surface area contributed by atoms with Crippen LogP contribution in [0.2, 0.25) is 0 Å². The molecule has 0 spiro atoms. The number of hydrogen-bond acceptors (Lipinski definition) is 4. The van der Waals surface area contributed by atoms with Gasteiger partial charge in [-0.3, -0.25) is 0 Å². The molecule has 0 bridgehead atoms. The molecule has 0 aliphatic heterocycles. The average Bonchev–Trinajstić information content (AvgIpc) is 2.78. The summed E-state index contributed by atoms with van der Waals surface area (Å²) in [6.45, 7) is 4.10. The van der Waals surface area contributed by atoms with Gasteiger partial charge in [-0.05, 0) is 88.7 Å². The van der Waals surface area contributed by atoms with Crippen LogP contribution in [-0.4, -0.2) is 28.4 Å². The van der Waals surface area contributed by atoms with E-state index in [-0.39, 0.29) is 0 Å². The molecule has 0 atom stereocenters. The van der Waals surface area contributed by atoms with Gasteiger partial charge < -0.3 is 18.9 Å². The molecule has 162 valence electrons. The van der Waals surface area contributed by atoms with Crippen LogP contribution in [0.4, 0.5) is 0 Å². The zero-order valence-corrected chi connectivity index (χ0v) is 20.9. The first-order valence-electron chi connectivity index (χ1n) is 9.85. The van der Waals surface area contributed by atoms with Gasteiger partial charge in [-0.25, -0.2) is 0 Å². The van der Waals surface area contributed by atoms with Crippen molar-refractivity contribution in [1.29, 1.82) is 0 Å². The van der Waals surface area contributed by atoms with Gasteiger partial charge in [0.05, 0.1) is 32.0 Å². The minimum atomic E-state index is 0.869. The Bertz CT molecular complexity index is 1220. The van der Waals surface area contributed by atoms with E-state index in [9.17, 15) is 0 Å². The summed E-state index contributed by atoms with van der Waals surface area (Å²) in [4.78, 5) is 0. The standard InChI is InChI=1S/C13H13IO2.C13H14O2/c1-8-4-5-9-6-12(15-2)11(14)7-10(9)13(8)16-3;1-9-4-5-10-8-11(14-2)6-7-12(10)13(9)15-3/h4-7H,1-3H3;4-8H,1-3H3. The maximum Gasteiger partial charge on any atom is 0.132 e. The molecule has 4 nitrogen and oxygen atoms in total. The summed E-state index contributed by atoms with van der Waals surface area (Å²) in [6, 6.07) is 18.4. The number of ether oxygens (including phenoxy) is 4. The molecule has 0 amide bonds. The highest BCUT2D eigenvalue weighted by atomic mass is 127. The molecule has 0 saturated carbocycles. The summed E-state index contributed by atoms with van der Waals surface area (Å²) in [5, 5.41) is 4.53. The molecule has 0 aliphatic carbocycles. The average molecular weight is 530 g/mol. The monoisotopic (exact) mass is 530 g/mol. The van der Waals surface area contributed by atoms with Crippen LogP contribution in [-0.2, 0) is 0 Å². The van der Waals surface area contributed by atoms with Crippen molar-refractivity contribution in [3.8, 4) is 23.0 Å². The normalized spacial score (nSPS) is 10.4. The van der Waals surface area contributed by atoms with Crippen molar-refractivity contribution in [3.05, 3.63) is 69.3 Å². The quantitative estimate of drug-likeness (QED) is 0.268. The lowest BCUT2D eigenvalue weighted by atomic mass is 10.1. The summed E-state index contributed by atoms with van der Waals surface area (Å²) in [6.07, 6.45) is 0. The predicted octanol–water partition coefficient (Wildman–Crippen LogP) is 6.94. The van der Waals surface area contributed by atoms with Gasteiger partial charge >= 0.3 is 0 Å². The fourth-order valence-electron chi connectivity index (χ4n) is 3.62. The van der Waals surface area contributed by atoms with E-state index >= 15 is 0 Å². The first kappa shape index (κ1) is 23.0. The van der Waals surface area contributed by atoms with Crippen molar-refractivity contribution in [2.45, 2.75) is 13.8 Å². The Hall–Kier alpha value is -2.67. The van der Waals surface area contributed by atoms with Crippen molar-refractivity contribution in [3.63, 3.8) is 0 Å². The Morgan fingerprint density at radius 3 is 1.71 bits per heavy atom. The molecule has 0 aromatic heterocycles. The molecule has 4 aromatic carbocycles. The second-order valence-electron chi connectivity index (χ2n) is 7.13. The lowest BCUT2D eigenvalue weighted by molar-refractivity contribution is 0.411. The van der Waals surface area contributed by atoms with Crippen molar-refractivity contribution in [2.75, 3.05) is 28.4 Å². The third-order valence-electron chi connectivity index (χ3n) is 5.22. The largest absolute Gasteiger partial charge is 0.497 e. The number of fused-ring (bicyclic) bond motifs is 2. The zero-order valence-electron chi connectivity index (χ0n) is 18.7. The molecule has 0 radical (unpaired) electrons. The van der Waals surface area contributed by atoms with E-state index in [1.807, 2.05) is 31.2 Å². The molecule has 0 saturated heterocycles. The van der Waals surface area contributed by atoms with Gasteiger partial charge in [0.15, 0.2) is 0 Å². The van der Waals surface area contributed by atoms with Crippen LogP contribution in [0.5, 0.6) is 23.0 Å². The summed E-state index contributed by atoms with van der Waals surface area (Å²) in [7, 11) is 6.77.